The average molecular weight is 327 g/mol. The van der Waals surface area contributed by atoms with Crippen LogP contribution in [0.2, 0.25) is 15.1 Å². The zero-order chi connectivity index (χ0) is 14.1. The van der Waals surface area contributed by atoms with Crippen LogP contribution in [0.25, 0.3) is 0 Å². The lowest BCUT2D eigenvalue weighted by Gasteiger charge is -2.37. The van der Waals surface area contributed by atoms with Crippen molar-refractivity contribution < 1.29 is 0 Å². The van der Waals surface area contributed by atoms with E-state index in [-0.39, 0.29) is 0 Å². The maximum atomic E-state index is 6.18. The molecule has 1 saturated carbocycles. The van der Waals surface area contributed by atoms with Gasteiger partial charge in [-0.05, 0) is 48.6 Å². The summed E-state index contributed by atoms with van der Waals surface area (Å²) >= 11 is 18.1. The van der Waals surface area contributed by atoms with Crippen LogP contribution >= 0.6 is 34.8 Å². The number of rotatable bonds is 3. The largest absolute Gasteiger partial charge is 0.381 e. The lowest BCUT2D eigenvalue weighted by atomic mass is 9.76. The first-order chi connectivity index (χ1) is 9.63. The Morgan fingerprint density at radius 2 is 1.60 bits per heavy atom. The summed E-state index contributed by atoms with van der Waals surface area (Å²) < 4.78 is 0. The second kappa shape index (κ2) is 5.85. The number of benzene rings is 2. The summed E-state index contributed by atoms with van der Waals surface area (Å²) in [6.07, 6.45) is 2.20. The second-order valence-corrected chi connectivity index (χ2v) is 6.38. The van der Waals surface area contributed by atoms with Crippen molar-refractivity contribution in [3.05, 3.63) is 63.1 Å². The highest BCUT2D eigenvalue weighted by molar-refractivity contribution is 6.43. The Morgan fingerprint density at radius 1 is 0.900 bits per heavy atom. The fourth-order valence-corrected chi connectivity index (χ4v) is 3.06. The number of halogens is 3. The van der Waals surface area contributed by atoms with Crippen LogP contribution in [-0.2, 0) is 0 Å². The molecular formula is C16H14Cl3N. The van der Waals surface area contributed by atoms with Gasteiger partial charge in [0.05, 0.1) is 15.7 Å². The van der Waals surface area contributed by atoms with Crippen molar-refractivity contribution >= 4 is 40.5 Å². The zero-order valence-electron chi connectivity index (χ0n) is 10.7. The fraction of sp³-hybridized carbons (Fsp3) is 0.250. The maximum absolute atomic E-state index is 6.18. The first kappa shape index (κ1) is 14.1. The molecule has 0 unspecified atom stereocenters. The highest BCUT2D eigenvalue weighted by atomic mass is 35.5. The van der Waals surface area contributed by atoms with Crippen LogP contribution in [0.3, 0.4) is 0 Å². The summed E-state index contributed by atoms with van der Waals surface area (Å²) in [7, 11) is 0. The Balaban J connectivity index is 1.61. The van der Waals surface area contributed by atoms with E-state index in [0.29, 0.717) is 22.0 Å². The van der Waals surface area contributed by atoms with Gasteiger partial charge in [0.1, 0.15) is 0 Å². The van der Waals surface area contributed by atoms with E-state index < -0.39 is 0 Å². The van der Waals surface area contributed by atoms with Gasteiger partial charge >= 0.3 is 0 Å². The van der Waals surface area contributed by atoms with E-state index in [1.54, 1.807) is 6.07 Å². The van der Waals surface area contributed by atoms with Crippen LogP contribution in [0.15, 0.2) is 42.5 Å². The van der Waals surface area contributed by atoms with E-state index in [4.69, 9.17) is 34.8 Å². The summed E-state index contributed by atoms with van der Waals surface area (Å²) in [4.78, 5) is 0. The molecule has 1 aliphatic carbocycles. The molecule has 3 rings (SSSR count). The highest BCUT2D eigenvalue weighted by Gasteiger charge is 2.30. The zero-order valence-corrected chi connectivity index (χ0v) is 13.0. The number of anilines is 1. The Morgan fingerprint density at radius 3 is 2.30 bits per heavy atom. The number of hydrogen-bond acceptors (Lipinski definition) is 1. The Hall–Kier alpha value is -0.890. The van der Waals surface area contributed by atoms with Crippen molar-refractivity contribution in [3.63, 3.8) is 0 Å². The van der Waals surface area contributed by atoms with E-state index in [1.807, 2.05) is 24.3 Å². The molecule has 0 aromatic heterocycles. The number of hydrogen-bond donors (Lipinski definition) is 1. The van der Waals surface area contributed by atoms with Crippen LogP contribution in [0.5, 0.6) is 0 Å². The smallest absolute Gasteiger partial charge is 0.0823 e. The normalized spacial score (nSPS) is 21.4. The van der Waals surface area contributed by atoms with E-state index in [9.17, 15) is 0 Å². The Bertz CT molecular complexity index is 604. The van der Waals surface area contributed by atoms with E-state index in [2.05, 4.69) is 17.4 Å². The summed E-state index contributed by atoms with van der Waals surface area (Å²) in [5, 5.41) is 5.43. The van der Waals surface area contributed by atoms with Gasteiger partial charge in [-0.3, -0.25) is 0 Å². The first-order valence-corrected chi connectivity index (χ1v) is 7.73. The number of nitrogens with one attached hydrogen (secondary N) is 1. The molecule has 0 heterocycles. The minimum atomic E-state index is 0.451. The second-order valence-electron chi connectivity index (χ2n) is 5.16. The average Bonchev–Trinajstić information content (AvgIpc) is 2.39. The third-order valence-electron chi connectivity index (χ3n) is 3.79. The molecular weight excluding hydrogens is 313 g/mol. The van der Waals surface area contributed by atoms with Gasteiger partial charge in [0, 0.05) is 11.1 Å². The van der Waals surface area contributed by atoms with E-state index >= 15 is 0 Å². The lowest BCUT2D eigenvalue weighted by Crippen LogP contribution is -2.34. The molecule has 0 saturated heterocycles. The molecule has 0 atom stereocenters. The summed E-state index contributed by atoms with van der Waals surface area (Å²) in [6.45, 7) is 0. The van der Waals surface area contributed by atoms with Gasteiger partial charge in [-0.1, -0.05) is 53.0 Å². The van der Waals surface area contributed by atoms with Gasteiger partial charge in [-0.2, -0.15) is 0 Å². The minimum absolute atomic E-state index is 0.451. The van der Waals surface area contributed by atoms with Crippen molar-refractivity contribution in [2.45, 2.75) is 24.8 Å². The van der Waals surface area contributed by atoms with Crippen molar-refractivity contribution in [1.29, 1.82) is 0 Å². The van der Waals surface area contributed by atoms with E-state index in [1.165, 1.54) is 5.56 Å². The van der Waals surface area contributed by atoms with Gasteiger partial charge in [0.2, 0.25) is 0 Å². The molecule has 1 fully saturated rings. The quantitative estimate of drug-likeness (QED) is 0.729. The van der Waals surface area contributed by atoms with Gasteiger partial charge < -0.3 is 5.32 Å². The fourth-order valence-electron chi connectivity index (χ4n) is 2.58. The molecule has 0 amide bonds. The molecule has 0 bridgehead atoms. The Labute approximate surface area is 133 Å². The Kier molecular flexibility index (Phi) is 4.11. The molecule has 104 valence electrons. The highest BCUT2D eigenvalue weighted by Crippen LogP contribution is 2.40. The van der Waals surface area contributed by atoms with Crippen LogP contribution in [0.1, 0.15) is 24.3 Å². The molecule has 1 aliphatic rings. The third-order valence-corrected chi connectivity index (χ3v) is 4.86. The lowest BCUT2D eigenvalue weighted by molar-refractivity contribution is 0.374. The van der Waals surface area contributed by atoms with Crippen molar-refractivity contribution in [1.82, 2.24) is 0 Å². The van der Waals surface area contributed by atoms with Gasteiger partial charge in [0.25, 0.3) is 0 Å². The molecule has 4 heteroatoms. The van der Waals surface area contributed by atoms with Crippen LogP contribution < -0.4 is 5.32 Å². The molecule has 2 aromatic carbocycles. The van der Waals surface area contributed by atoms with Gasteiger partial charge in [0.15, 0.2) is 0 Å². The van der Waals surface area contributed by atoms with E-state index in [0.717, 1.165) is 23.6 Å². The standard InChI is InChI=1S/C16H14Cl3N/c17-12-6-4-10(5-7-12)11-8-13(9-11)20-15-3-1-2-14(18)16(15)19/h1-7,11,13,20H,8-9H2. The predicted molar refractivity (Wildman–Crippen MR) is 87.3 cm³/mol. The van der Waals surface area contributed by atoms with Crippen LogP contribution in [0, 0.1) is 0 Å². The predicted octanol–water partition coefficient (Wildman–Crippen LogP) is 6.00. The minimum Gasteiger partial charge on any atom is -0.381 e. The monoisotopic (exact) mass is 325 g/mol. The summed E-state index contributed by atoms with van der Waals surface area (Å²) in [6, 6.07) is 14.2. The topological polar surface area (TPSA) is 12.0 Å². The summed E-state index contributed by atoms with van der Waals surface area (Å²) in [5.41, 5.74) is 2.27. The van der Waals surface area contributed by atoms with Crippen LogP contribution in [-0.4, -0.2) is 6.04 Å². The van der Waals surface area contributed by atoms with Crippen molar-refractivity contribution in [3.8, 4) is 0 Å². The van der Waals surface area contributed by atoms with Crippen molar-refractivity contribution in [2.75, 3.05) is 5.32 Å². The summed E-state index contributed by atoms with van der Waals surface area (Å²) in [5.74, 6) is 0.600. The third kappa shape index (κ3) is 2.90. The maximum Gasteiger partial charge on any atom is 0.0823 e. The van der Waals surface area contributed by atoms with Gasteiger partial charge in [-0.25, -0.2) is 0 Å². The molecule has 20 heavy (non-hydrogen) atoms. The molecule has 1 nitrogen and oxygen atoms in total. The molecule has 2 aromatic rings. The molecule has 0 radical (unpaired) electrons. The first-order valence-electron chi connectivity index (χ1n) is 6.59. The van der Waals surface area contributed by atoms with Crippen LogP contribution in [0.4, 0.5) is 5.69 Å². The van der Waals surface area contributed by atoms with Gasteiger partial charge in [-0.15, -0.1) is 0 Å². The molecule has 0 spiro atoms. The molecule has 1 N–H and O–H groups in total. The SMILES string of the molecule is Clc1ccc(C2CC(Nc3cccc(Cl)c3Cl)C2)cc1. The van der Waals surface area contributed by atoms with Crippen molar-refractivity contribution in [2.24, 2.45) is 0 Å². The molecule has 0 aliphatic heterocycles.